The number of nitrogens with zero attached hydrogens (tertiary/aromatic N) is 1. The Morgan fingerprint density at radius 2 is 1.14 bits per heavy atom. The highest BCUT2D eigenvalue weighted by Crippen LogP contribution is 2.51. The number of aromatic nitrogens is 1. The summed E-state index contributed by atoms with van der Waals surface area (Å²) < 4.78 is 2.55. The molecule has 276 valence electrons. The van der Waals surface area contributed by atoms with E-state index >= 15 is 0 Å². The SMILES string of the molecule is CC1CC=Cc2c1n(-c1ccc3c(c1)-c1ccccc1C3(C)C)c1ccc(-c3ccc(Nc4ccc5c(c4)-c4ccccc4C5(C)C)c(-c4ccccc4)c3)cc21. The van der Waals surface area contributed by atoms with Gasteiger partial charge in [0.2, 0.25) is 0 Å². The molecule has 8 aromatic rings. The van der Waals surface area contributed by atoms with Crippen molar-refractivity contribution in [3.8, 4) is 50.2 Å². The largest absolute Gasteiger partial charge is 0.355 e. The predicted octanol–water partition coefficient (Wildman–Crippen LogP) is 14.8. The highest BCUT2D eigenvalue weighted by atomic mass is 15.0. The molecule has 0 bridgehead atoms. The third-order valence-electron chi connectivity index (χ3n) is 13.4. The highest BCUT2D eigenvalue weighted by molar-refractivity contribution is 5.98. The fraction of sp³-hybridized carbons (Fsp3) is 0.164. The summed E-state index contributed by atoms with van der Waals surface area (Å²) in [5.41, 5.74) is 23.2. The monoisotopic (exact) mass is 734 g/mol. The summed E-state index contributed by atoms with van der Waals surface area (Å²) in [6, 6.07) is 56.7. The fourth-order valence-corrected chi connectivity index (χ4v) is 10.4. The van der Waals surface area contributed by atoms with Gasteiger partial charge in [-0.05, 0) is 116 Å². The summed E-state index contributed by atoms with van der Waals surface area (Å²) >= 11 is 0. The lowest BCUT2D eigenvalue weighted by Crippen LogP contribution is -2.15. The maximum absolute atomic E-state index is 3.85. The van der Waals surface area contributed by atoms with Crippen LogP contribution in [0, 0.1) is 0 Å². The van der Waals surface area contributed by atoms with E-state index in [1.54, 1.807) is 0 Å². The third kappa shape index (κ3) is 5.03. The number of fused-ring (bicyclic) bond motifs is 9. The molecule has 0 fully saturated rings. The van der Waals surface area contributed by atoms with Gasteiger partial charge in [0, 0.05) is 56.0 Å². The Balaban J connectivity index is 1.02. The first-order chi connectivity index (χ1) is 27.7. The minimum atomic E-state index is -0.0129. The summed E-state index contributed by atoms with van der Waals surface area (Å²) in [7, 11) is 0. The van der Waals surface area contributed by atoms with Crippen LogP contribution in [0.3, 0.4) is 0 Å². The van der Waals surface area contributed by atoms with Crippen molar-refractivity contribution < 1.29 is 0 Å². The average Bonchev–Trinajstić information content (AvgIpc) is 3.78. The Labute approximate surface area is 336 Å². The molecule has 2 heteroatoms. The van der Waals surface area contributed by atoms with Crippen molar-refractivity contribution in [2.24, 2.45) is 0 Å². The van der Waals surface area contributed by atoms with E-state index in [1.165, 1.54) is 94.6 Å². The molecule has 2 nitrogen and oxygen atoms in total. The Morgan fingerprint density at radius 1 is 0.526 bits per heavy atom. The van der Waals surface area contributed by atoms with Gasteiger partial charge >= 0.3 is 0 Å². The number of allylic oxidation sites excluding steroid dienone is 1. The molecule has 3 aliphatic carbocycles. The van der Waals surface area contributed by atoms with E-state index in [2.05, 4.69) is 208 Å². The summed E-state index contributed by atoms with van der Waals surface area (Å²) in [4.78, 5) is 0. The van der Waals surface area contributed by atoms with E-state index in [-0.39, 0.29) is 10.8 Å². The minimum Gasteiger partial charge on any atom is -0.355 e. The maximum Gasteiger partial charge on any atom is 0.0538 e. The first kappa shape index (κ1) is 33.9. The molecule has 57 heavy (non-hydrogen) atoms. The third-order valence-corrected chi connectivity index (χ3v) is 13.4. The molecule has 11 rings (SSSR count). The summed E-state index contributed by atoms with van der Waals surface area (Å²) in [5, 5.41) is 5.15. The van der Waals surface area contributed by atoms with E-state index in [0.29, 0.717) is 5.92 Å². The topological polar surface area (TPSA) is 17.0 Å². The molecule has 1 unspecified atom stereocenters. The maximum atomic E-state index is 3.85. The number of benzene rings is 7. The van der Waals surface area contributed by atoms with Crippen LogP contribution in [0.2, 0.25) is 0 Å². The molecule has 0 spiro atoms. The summed E-state index contributed by atoms with van der Waals surface area (Å²) in [6.07, 6.45) is 5.76. The van der Waals surface area contributed by atoms with Crippen LogP contribution in [0.25, 0.3) is 67.2 Å². The molecule has 0 amide bonds. The van der Waals surface area contributed by atoms with Crippen molar-refractivity contribution in [3.63, 3.8) is 0 Å². The van der Waals surface area contributed by atoms with Gasteiger partial charge < -0.3 is 9.88 Å². The number of hydrogen-bond donors (Lipinski definition) is 1. The van der Waals surface area contributed by atoms with Crippen LogP contribution in [0.4, 0.5) is 11.4 Å². The second-order valence-corrected chi connectivity index (χ2v) is 17.5. The first-order valence-electron chi connectivity index (χ1n) is 20.5. The number of nitrogens with one attached hydrogen (secondary N) is 1. The van der Waals surface area contributed by atoms with Crippen LogP contribution >= 0.6 is 0 Å². The molecule has 0 radical (unpaired) electrons. The van der Waals surface area contributed by atoms with Crippen LogP contribution in [-0.4, -0.2) is 4.57 Å². The molecule has 7 aromatic carbocycles. The molecule has 0 saturated carbocycles. The van der Waals surface area contributed by atoms with Crippen molar-refractivity contribution in [2.75, 3.05) is 5.32 Å². The van der Waals surface area contributed by atoms with Gasteiger partial charge in [-0.25, -0.2) is 0 Å². The predicted molar refractivity (Wildman–Crippen MR) is 241 cm³/mol. The molecule has 0 saturated heterocycles. The fourth-order valence-electron chi connectivity index (χ4n) is 10.4. The van der Waals surface area contributed by atoms with Gasteiger partial charge in [-0.1, -0.05) is 150 Å². The second kappa shape index (κ2) is 12.3. The molecule has 3 aliphatic rings. The lowest BCUT2D eigenvalue weighted by Gasteiger charge is -2.22. The number of anilines is 2. The van der Waals surface area contributed by atoms with E-state index in [4.69, 9.17) is 0 Å². The highest BCUT2D eigenvalue weighted by Gasteiger charge is 2.37. The Hall–Kier alpha value is -6.38. The van der Waals surface area contributed by atoms with E-state index in [0.717, 1.165) is 17.8 Å². The van der Waals surface area contributed by atoms with Crippen molar-refractivity contribution in [1.82, 2.24) is 4.57 Å². The van der Waals surface area contributed by atoms with Crippen LogP contribution in [0.5, 0.6) is 0 Å². The standard InChI is InChI=1S/C55H46N2/c1-34-14-13-19-42-46-31-37(23-29-52(46)57(53(34)42)39-25-27-50-45(33-39)41-18-10-12-21-48(41)55(50,4)5)36-22-28-51(43(30-36)35-15-7-6-8-16-35)56-38-24-26-49-44(32-38)40-17-9-11-20-47(40)54(49,2)3/h6-13,15-34,56H,14H2,1-5H3. The molecule has 0 aliphatic heterocycles. The van der Waals surface area contributed by atoms with Crippen molar-refractivity contribution in [2.45, 2.75) is 57.8 Å². The van der Waals surface area contributed by atoms with Crippen molar-refractivity contribution in [1.29, 1.82) is 0 Å². The average molecular weight is 735 g/mol. The van der Waals surface area contributed by atoms with Gasteiger partial charge in [0.1, 0.15) is 0 Å². The van der Waals surface area contributed by atoms with Crippen molar-refractivity contribution in [3.05, 3.63) is 191 Å². The van der Waals surface area contributed by atoms with Gasteiger partial charge in [-0.3, -0.25) is 0 Å². The number of hydrogen-bond acceptors (Lipinski definition) is 1. The lowest BCUT2D eigenvalue weighted by atomic mass is 9.82. The van der Waals surface area contributed by atoms with E-state index in [9.17, 15) is 0 Å². The van der Waals surface area contributed by atoms with Crippen LogP contribution in [0.15, 0.2) is 158 Å². The van der Waals surface area contributed by atoms with Gasteiger partial charge in [-0.2, -0.15) is 0 Å². The van der Waals surface area contributed by atoms with Crippen LogP contribution in [-0.2, 0) is 10.8 Å². The zero-order valence-electron chi connectivity index (χ0n) is 33.3. The molecular formula is C55H46N2. The molecular weight excluding hydrogens is 689 g/mol. The normalized spacial score (nSPS) is 16.5. The van der Waals surface area contributed by atoms with Crippen LogP contribution < -0.4 is 5.32 Å². The number of rotatable bonds is 5. The zero-order chi connectivity index (χ0) is 38.6. The Morgan fingerprint density at radius 3 is 1.88 bits per heavy atom. The van der Waals surface area contributed by atoms with E-state index in [1.807, 2.05) is 0 Å². The molecule has 1 atom stereocenters. The lowest BCUT2D eigenvalue weighted by molar-refractivity contribution is 0.660. The second-order valence-electron chi connectivity index (χ2n) is 17.5. The van der Waals surface area contributed by atoms with Crippen LogP contribution in [0.1, 0.15) is 80.5 Å². The smallest absolute Gasteiger partial charge is 0.0538 e. The molecule has 1 N–H and O–H groups in total. The molecule has 1 aromatic heterocycles. The summed E-state index contributed by atoms with van der Waals surface area (Å²) in [6.45, 7) is 11.8. The molecule has 1 heterocycles. The summed E-state index contributed by atoms with van der Waals surface area (Å²) in [5.74, 6) is 0.409. The minimum absolute atomic E-state index is 0.0121. The van der Waals surface area contributed by atoms with Gasteiger partial charge in [0.15, 0.2) is 0 Å². The van der Waals surface area contributed by atoms with E-state index < -0.39 is 0 Å². The Bertz CT molecular complexity index is 2970. The Kier molecular flexibility index (Phi) is 7.32. The quantitative estimate of drug-likeness (QED) is 0.186. The van der Waals surface area contributed by atoms with Crippen molar-refractivity contribution >= 4 is 28.4 Å². The first-order valence-corrected chi connectivity index (χ1v) is 20.5. The van der Waals surface area contributed by atoms with Gasteiger partial charge in [0.25, 0.3) is 0 Å². The zero-order valence-corrected chi connectivity index (χ0v) is 33.3. The van der Waals surface area contributed by atoms with Gasteiger partial charge in [-0.15, -0.1) is 0 Å². The van der Waals surface area contributed by atoms with Gasteiger partial charge in [0.05, 0.1) is 5.52 Å².